The Morgan fingerprint density at radius 1 is 1.46 bits per heavy atom. The molecule has 1 rings (SSSR count). The molecular formula is C7H11FO4S. The number of esters is 1. The Morgan fingerprint density at radius 2 is 2.08 bits per heavy atom. The van der Waals surface area contributed by atoms with E-state index in [0.29, 0.717) is 6.42 Å². The number of carbonyl (C=O) groups excluding carboxylic acids is 1. The average Bonchev–Trinajstić information content (AvgIpc) is 2.50. The molecule has 0 aromatic heterocycles. The lowest BCUT2D eigenvalue weighted by atomic mass is 10.1. The predicted octanol–water partition coefficient (Wildman–Crippen LogP) is 0.627. The SMILES string of the molecule is COC(=O)[C@@H]1CC[C@@H](S(=O)(=O)F)C1. The zero-order valence-corrected chi connectivity index (χ0v) is 8.01. The van der Waals surface area contributed by atoms with Crippen LogP contribution in [0.1, 0.15) is 19.3 Å². The summed E-state index contributed by atoms with van der Waals surface area (Å²) >= 11 is 0. The Bertz CT molecular complexity index is 298. The van der Waals surface area contributed by atoms with Gasteiger partial charge in [-0.3, -0.25) is 4.79 Å². The number of hydrogen-bond acceptors (Lipinski definition) is 4. The number of methoxy groups -OCH3 is 1. The first-order chi connectivity index (χ1) is 5.95. The highest BCUT2D eigenvalue weighted by atomic mass is 32.3. The second-order valence-corrected chi connectivity index (χ2v) is 4.75. The normalized spacial score (nSPS) is 28.8. The molecule has 6 heteroatoms. The first-order valence-electron chi connectivity index (χ1n) is 3.96. The molecule has 0 amide bonds. The van der Waals surface area contributed by atoms with Gasteiger partial charge in [0.25, 0.3) is 0 Å². The van der Waals surface area contributed by atoms with Gasteiger partial charge in [0.1, 0.15) is 0 Å². The van der Waals surface area contributed by atoms with Crippen molar-refractivity contribution in [3.8, 4) is 0 Å². The summed E-state index contributed by atoms with van der Waals surface area (Å²) in [7, 11) is -3.25. The summed E-state index contributed by atoms with van der Waals surface area (Å²) in [4.78, 5) is 10.9. The van der Waals surface area contributed by atoms with Crippen molar-refractivity contribution in [3.05, 3.63) is 0 Å². The fourth-order valence-electron chi connectivity index (χ4n) is 1.58. The van der Waals surface area contributed by atoms with Gasteiger partial charge in [-0.25, -0.2) is 0 Å². The van der Waals surface area contributed by atoms with Crippen LogP contribution < -0.4 is 0 Å². The van der Waals surface area contributed by atoms with Crippen LogP contribution in [0.4, 0.5) is 3.89 Å². The Kier molecular flexibility index (Phi) is 2.90. The maximum absolute atomic E-state index is 12.5. The number of hydrogen-bond donors (Lipinski definition) is 0. The maximum Gasteiger partial charge on any atom is 0.308 e. The second kappa shape index (κ2) is 3.61. The minimum Gasteiger partial charge on any atom is -0.469 e. The van der Waals surface area contributed by atoms with Crippen LogP contribution in [0.15, 0.2) is 0 Å². The molecule has 0 aliphatic heterocycles. The highest BCUT2D eigenvalue weighted by Gasteiger charge is 2.37. The Labute approximate surface area is 76.3 Å². The lowest BCUT2D eigenvalue weighted by Crippen LogP contribution is -2.17. The summed E-state index contributed by atoms with van der Waals surface area (Å²) in [5.74, 6) is -0.910. The van der Waals surface area contributed by atoms with Crippen LogP contribution in [0.25, 0.3) is 0 Å². The van der Waals surface area contributed by atoms with Crippen molar-refractivity contribution in [3.63, 3.8) is 0 Å². The van der Waals surface area contributed by atoms with E-state index in [0.717, 1.165) is 0 Å². The van der Waals surface area contributed by atoms with Crippen LogP contribution in [0, 0.1) is 5.92 Å². The van der Waals surface area contributed by atoms with Crippen LogP contribution in [0.5, 0.6) is 0 Å². The van der Waals surface area contributed by atoms with Crippen LogP contribution in [0.3, 0.4) is 0 Å². The molecule has 0 saturated heterocycles. The third-order valence-corrected chi connectivity index (χ3v) is 3.54. The Hall–Kier alpha value is -0.650. The molecule has 1 aliphatic carbocycles. The van der Waals surface area contributed by atoms with Crippen molar-refractivity contribution < 1.29 is 21.8 Å². The summed E-state index contributed by atoms with van der Waals surface area (Å²) in [6, 6.07) is 0. The van der Waals surface area contributed by atoms with Gasteiger partial charge in [-0.2, -0.15) is 8.42 Å². The molecule has 1 saturated carbocycles. The minimum atomic E-state index is -4.48. The van der Waals surface area contributed by atoms with E-state index in [2.05, 4.69) is 4.74 Å². The molecule has 0 heterocycles. The molecule has 1 aliphatic rings. The smallest absolute Gasteiger partial charge is 0.308 e. The Balaban J connectivity index is 2.60. The van der Waals surface area contributed by atoms with Crippen molar-refractivity contribution in [2.24, 2.45) is 5.92 Å². The molecule has 0 aromatic rings. The molecule has 0 spiro atoms. The summed E-state index contributed by atoms with van der Waals surface area (Å²) in [5.41, 5.74) is 0. The summed E-state index contributed by atoms with van der Waals surface area (Å²) < 4.78 is 37.8. The molecule has 0 N–H and O–H groups in total. The summed E-state index contributed by atoms with van der Waals surface area (Å²) in [6.07, 6.45) is 0.643. The fourth-order valence-corrected chi connectivity index (χ4v) is 2.46. The second-order valence-electron chi connectivity index (χ2n) is 3.13. The topological polar surface area (TPSA) is 60.4 Å². The third kappa shape index (κ3) is 2.40. The number of rotatable bonds is 2. The Morgan fingerprint density at radius 3 is 2.46 bits per heavy atom. The minimum absolute atomic E-state index is 0.0471. The van der Waals surface area contributed by atoms with Crippen molar-refractivity contribution in [2.45, 2.75) is 24.5 Å². The number of ether oxygens (including phenoxy) is 1. The van der Waals surface area contributed by atoms with Crippen LogP contribution in [-0.2, 0) is 19.8 Å². The van der Waals surface area contributed by atoms with Crippen molar-refractivity contribution in [1.82, 2.24) is 0 Å². The number of halogens is 1. The van der Waals surface area contributed by atoms with Crippen LogP contribution >= 0.6 is 0 Å². The molecule has 2 atom stereocenters. The maximum atomic E-state index is 12.5. The molecule has 76 valence electrons. The van der Waals surface area contributed by atoms with E-state index in [1.54, 1.807) is 0 Å². The van der Waals surface area contributed by atoms with E-state index in [1.807, 2.05) is 0 Å². The lowest BCUT2D eigenvalue weighted by Gasteiger charge is -2.05. The van der Waals surface area contributed by atoms with Gasteiger partial charge in [0.2, 0.25) is 0 Å². The van der Waals surface area contributed by atoms with Crippen LogP contribution in [0.2, 0.25) is 0 Å². The molecule has 0 bridgehead atoms. The van der Waals surface area contributed by atoms with Gasteiger partial charge >= 0.3 is 16.2 Å². The predicted molar refractivity (Wildman–Crippen MR) is 43.2 cm³/mol. The van der Waals surface area contributed by atoms with Gasteiger partial charge in [-0.15, -0.1) is 3.89 Å². The van der Waals surface area contributed by atoms with Gasteiger partial charge in [-0.1, -0.05) is 0 Å². The number of carbonyl (C=O) groups is 1. The van der Waals surface area contributed by atoms with E-state index in [4.69, 9.17) is 0 Å². The molecule has 0 radical (unpaired) electrons. The highest BCUT2D eigenvalue weighted by molar-refractivity contribution is 7.87. The zero-order valence-electron chi connectivity index (χ0n) is 7.20. The zero-order chi connectivity index (χ0) is 10.1. The van der Waals surface area contributed by atoms with Gasteiger partial charge < -0.3 is 4.74 Å². The van der Waals surface area contributed by atoms with Gasteiger partial charge in [0.15, 0.2) is 0 Å². The standard InChI is InChI=1S/C7H11FO4S/c1-12-7(9)5-2-3-6(4-5)13(8,10)11/h5-6H,2-4H2,1H3/t5-,6-/m1/s1. The first kappa shape index (κ1) is 10.4. The molecule has 1 fully saturated rings. The van der Waals surface area contributed by atoms with Gasteiger partial charge in [0, 0.05) is 0 Å². The van der Waals surface area contributed by atoms with Crippen molar-refractivity contribution in [2.75, 3.05) is 7.11 Å². The largest absolute Gasteiger partial charge is 0.469 e. The van der Waals surface area contributed by atoms with E-state index < -0.39 is 27.4 Å². The average molecular weight is 210 g/mol. The quantitative estimate of drug-likeness (QED) is 0.495. The van der Waals surface area contributed by atoms with Gasteiger partial charge in [0.05, 0.1) is 18.3 Å². The van der Waals surface area contributed by atoms with Crippen molar-refractivity contribution in [1.29, 1.82) is 0 Å². The molecule has 4 nitrogen and oxygen atoms in total. The van der Waals surface area contributed by atoms with E-state index in [9.17, 15) is 17.1 Å². The third-order valence-electron chi connectivity index (χ3n) is 2.32. The van der Waals surface area contributed by atoms with Crippen molar-refractivity contribution >= 4 is 16.2 Å². The fraction of sp³-hybridized carbons (Fsp3) is 0.857. The monoisotopic (exact) mass is 210 g/mol. The lowest BCUT2D eigenvalue weighted by molar-refractivity contribution is -0.145. The molecule has 13 heavy (non-hydrogen) atoms. The summed E-state index contributed by atoms with van der Waals surface area (Å²) in [5, 5.41) is -1.02. The molecule has 0 aromatic carbocycles. The van der Waals surface area contributed by atoms with Gasteiger partial charge in [-0.05, 0) is 19.3 Å². The van der Waals surface area contributed by atoms with E-state index >= 15 is 0 Å². The van der Waals surface area contributed by atoms with E-state index in [-0.39, 0.29) is 12.8 Å². The molecule has 0 unspecified atom stereocenters. The van der Waals surface area contributed by atoms with E-state index in [1.165, 1.54) is 7.11 Å². The highest BCUT2D eigenvalue weighted by Crippen LogP contribution is 2.31. The summed E-state index contributed by atoms with van der Waals surface area (Å²) in [6.45, 7) is 0. The molecular weight excluding hydrogens is 199 g/mol. The first-order valence-corrected chi connectivity index (χ1v) is 5.41. The van der Waals surface area contributed by atoms with Crippen LogP contribution in [-0.4, -0.2) is 26.7 Å².